The Hall–Kier alpha value is -2.34. The third kappa shape index (κ3) is 3.76. The van der Waals surface area contributed by atoms with Crippen LogP contribution in [0.1, 0.15) is 58.8 Å². The Kier molecular flexibility index (Phi) is 5.15. The number of aromatic amines is 1. The molecule has 3 heterocycles. The van der Waals surface area contributed by atoms with Crippen molar-refractivity contribution in [3.63, 3.8) is 0 Å². The number of hydrogen-bond donors (Lipinski definition) is 2. The lowest BCUT2D eigenvalue weighted by molar-refractivity contribution is 0.0909. The summed E-state index contributed by atoms with van der Waals surface area (Å²) in [5.74, 6) is 0.594. The topological polar surface area (TPSA) is 78.3 Å². The van der Waals surface area contributed by atoms with E-state index in [1.54, 1.807) is 18.5 Å². The molecular formula is C18H23N3O3. The van der Waals surface area contributed by atoms with Crippen LogP contribution in [-0.2, 0) is 0 Å². The Labute approximate surface area is 141 Å². The molecule has 1 atom stereocenters. The van der Waals surface area contributed by atoms with Crippen molar-refractivity contribution < 1.29 is 14.0 Å². The summed E-state index contributed by atoms with van der Waals surface area (Å²) >= 11 is 0. The molecule has 0 radical (unpaired) electrons. The predicted octanol–water partition coefficient (Wildman–Crippen LogP) is 2.77. The van der Waals surface area contributed by atoms with Gasteiger partial charge in [0.25, 0.3) is 5.91 Å². The first-order chi connectivity index (χ1) is 11.6. The first kappa shape index (κ1) is 16.5. The number of hydrogen-bond acceptors (Lipinski definition) is 4. The van der Waals surface area contributed by atoms with Gasteiger partial charge in [-0.05, 0) is 51.1 Å². The van der Waals surface area contributed by atoms with Crippen molar-refractivity contribution in [2.24, 2.45) is 0 Å². The van der Waals surface area contributed by atoms with Gasteiger partial charge in [-0.2, -0.15) is 0 Å². The number of nitrogens with zero attached hydrogens (tertiary/aromatic N) is 1. The van der Waals surface area contributed by atoms with Crippen molar-refractivity contribution in [3.05, 3.63) is 47.7 Å². The number of piperidine rings is 1. The minimum atomic E-state index is -0.212. The van der Waals surface area contributed by atoms with Crippen molar-refractivity contribution in [1.82, 2.24) is 15.2 Å². The summed E-state index contributed by atoms with van der Waals surface area (Å²) in [5, 5.41) is 2.95. The molecule has 0 unspecified atom stereocenters. The monoisotopic (exact) mass is 329 g/mol. The number of furan rings is 1. The summed E-state index contributed by atoms with van der Waals surface area (Å²) in [7, 11) is 0. The molecule has 0 saturated carbocycles. The normalized spacial score (nSPS) is 16.7. The molecular weight excluding hydrogens is 306 g/mol. The molecule has 1 fully saturated rings. The highest BCUT2D eigenvalue weighted by Crippen LogP contribution is 2.24. The van der Waals surface area contributed by atoms with Gasteiger partial charge < -0.3 is 14.7 Å². The highest BCUT2D eigenvalue weighted by atomic mass is 16.3. The van der Waals surface area contributed by atoms with E-state index in [1.165, 1.54) is 26.2 Å². The molecule has 2 aromatic rings. The number of nitrogens with one attached hydrogen (secondary N) is 2. The van der Waals surface area contributed by atoms with E-state index in [2.05, 4.69) is 15.2 Å². The number of amides is 1. The van der Waals surface area contributed by atoms with E-state index < -0.39 is 0 Å². The fraction of sp³-hybridized carbons (Fsp3) is 0.444. The lowest BCUT2D eigenvalue weighted by atomic mass is 10.1. The standard InChI is InChI=1S/C18H23N3O3/c1-13(22)14-10-15(19-11-14)18(23)20-12-16(17-6-5-9-24-17)21-7-3-2-4-8-21/h5-6,9-11,16,19H,2-4,7-8,12H2,1H3,(H,20,23)/t16-/m1/s1. The number of rotatable bonds is 6. The minimum Gasteiger partial charge on any atom is -0.468 e. The molecule has 128 valence electrons. The molecule has 0 spiro atoms. The summed E-state index contributed by atoms with van der Waals surface area (Å²) in [5.41, 5.74) is 0.913. The molecule has 3 rings (SSSR count). The molecule has 1 saturated heterocycles. The fourth-order valence-electron chi connectivity index (χ4n) is 3.13. The lowest BCUT2D eigenvalue weighted by Gasteiger charge is -2.33. The number of H-pyrrole nitrogens is 1. The maximum Gasteiger partial charge on any atom is 0.267 e. The van der Waals surface area contributed by atoms with E-state index in [0.29, 0.717) is 17.8 Å². The Bertz CT molecular complexity index is 684. The summed E-state index contributed by atoms with van der Waals surface area (Å²) in [4.78, 5) is 28.9. The van der Waals surface area contributed by atoms with Gasteiger partial charge >= 0.3 is 0 Å². The largest absolute Gasteiger partial charge is 0.468 e. The minimum absolute atomic E-state index is 0.0338. The average molecular weight is 329 g/mol. The fourth-order valence-corrected chi connectivity index (χ4v) is 3.13. The van der Waals surface area contributed by atoms with Crippen LogP contribution >= 0.6 is 0 Å². The average Bonchev–Trinajstić information content (AvgIpc) is 3.28. The molecule has 1 aliphatic rings. The van der Waals surface area contributed by atoms with Crippen LogP contribution in [0.15, 0.2) is 35.1 Å². The summed E-state index contributed by atoms with van der Waals surface area (Å²) < 4.78 is 5.58. The van der Waals surface area contributed by atoms with Gasteiger partial charge in [0.15, 0.2) is 5.78 Å². The van der Waals surface area contributed by atoms with E-state index in [-0.39, 0.29) is 17.7 Å². The number of aromatic nitrogens is 1. The smallest absolute Gasteiger partial charge is 0.267 e. The SMILES string of the molecule is CC(=O)c1c[nH]c(C(=O)NC[C@H](c2ccco2)N2CCCCC2)c1. The van der Waals surface area contributed by atoms with Gasteiger partial charge in [-0.1, -0.05) is 6.42 Å². The molecule has 2 aromatic heterocycles. The van der Waals surface area contributed by atoms with E-state index in [4.69, 9.17) is 4.42 Å². The van der Waals surface area contributed by atoms with Crippen molar-refractivity contribution >= 4 is 11.7 Å². The third-order valence-corrected chi connectivity index (χ3v) is 4.49. The van der Waals surface area contributed by atoms with Crippen molar-refractivity contribution in [3.8, 4) is 0 Å². The van der Waals surface area contributed by atoms with Gasteiger partial charge in [0, 0.05) is 18.3 Å². The van der Waals surface area contributed by atoms with Gasteiger partial charge in [-0.3, -0.25) is 14.5 Å². The summed E-state index contributed by atoms with van der Waals surface area (Å²) in [6, 6.07) is 5.44. The molecule has 0 bridgehead atoms. The van der Waals surface area contributed by atoms with Crippen molar-refractivity contribution in [2.45, 2.75) is 32.2 Å². The van der Waals surface area contributed by atoms with Crippen LogP contribution in [0.5, 0.6) is 0 Å². The second-order valence-electron chi connectivity index (χ2n) is 6.20. The van der Waals surface area contributed by atoms with Crippen LogP contribution in [-0.4, -0.2) is 41.2 Å². The predicted molar refractivity (Wildman–Crippen MR) is 90.0 cm³/mol. The summed E-state index contributed by atoms with van der Waals surface area (Å²) in [6.07, 6.45) is 6.82. The second-order valence-corrected chi connectivity index (χ2v) is 6.20. The first-order valence-corrected chi connectivity index (χ1v) is 8.40. The van der Waals surface area contributed by atoms with Gasteiger partial charge in [0.1, 0.15) is 11.5 Å². The van der Waals surface area contributed by atoms with Crippen LogP contribution in [0.2, 0.25) is 0 Å². The number of carbonyl (C=O) groups is 2. The first-order valence-electron chi connectivity index (χ1n) is 8.40. The van der Waals surface area contributed by atoms with Crippen LogP contribution in [0.4, 0.5) is 0 Å². The zero-order valence-electron chi connectivity index (χ0n) is 13.9. The molecule has 0 aromatic carbocycles. The van der Waals surface area contributed by atoms with Crippen molar-refractivity contribution in [2.75, 3.05) is 19.6 Å². The maximum atomic E-state index is 12.3. The Morgan fingerprint density at radius 1 is 1.33 bits per heavy atom. The quantitative estimate of drug-likeness (QED) is 0.799. The van der Waals surface area contributed by atoms with E-state index in [0.717, 1.165) is 18.8 Å². The van der Waals surface area contributed by atoms with Gasteiger partial charge in [0.05, 0.1) is 12.3 Å². The van der Waals surface area contributed by atoms with Gasteiger partial charge in [-0.15, -0.1) is 0 Å². The van der Waals surface area contributed by atoms with Crippen LogP contribution in [0.3, 0.4) is 0 Å². The zero-order chi connectivity index (χ0) is 16.9. The van der Waals surface area contributed by atoms with Crippen molar-refractivity contribution in [1.29, 1.82) is 0 Å². The van der Waals surface area contributed by atoms with Crippen LogP contribution < -0.4 is 5.32 Å². The maximum absolute atomic E-state index is 12.3. The molecule has 24 heavy (non-hydrogen) atoms. The van der Waals surface area contributed by atoms with E-state index >= 15 is 0 Å². The zero-order valence-corrected chi connectivity index (χ0v) is 13.9. The third-order valence-electron chi connectivity index (χ3n) is 4.49. The van der Waals surface area contributed by atoms with E-state index in [1.807, 2.05) is 12.1 Å². The molecule has 6 nitrogen and oxygen atoms in total. The molecule has 1 aliphatic heterocycles. The highest BCUT2D eigenvalue weighted by Gasteiger charge is 2.25. The van der Waals surface area contributed by atoms with Gasteiger partial charge in [0.2, 0.25) is 0 Å². The highest BCUT2D eigenvalue weighted by molar-refractivity contribution is 5.99. The molecule has 0 aliphatic carbocycles. The number of Topliss-reactive ketones (excluding diaryl/α,β-unsaturated/α-hetero) is 1. The van der Waals surface area contributed by atoms with E-state index in [9.17, 15) is 9.59 Å². The lowest BCUT2D eigenvalue weighted by Crippen LogP contribution is -2.40. The Morgan fingerprint density at radius 3 is 2.75 bits per heavy atom. The summed E-state index contributed by atoms with van der Waals surface area (Å²) in [6.45, 7) is 3.98. The van der Waals surface area contributed by atoms with Gasteiger partial charge in [-0.25, -0.2) is 0 Å². The Balaban J connectivity index is 1.66. The van der Waals surface area contributed by atoms with Crippen LogP contribution in [0, 0.1) is 0 Å². The number of likely N-dealkylation sites (tertiary alicyclic amines) is 1. The Morgan fingerprint density at radius 2 is 2.12 bits per heavy atom. The molecule has 6 heteroatoms. The van der Waals surface area contributed by atoms with Crippen LogP contribution in [0.25, 0.3) is 0 Å². The molecule has 2 N–H and O–H groups in total. The number of carbonyl (C=O) groups excluding carboxylic acids is 2. The second kappa shape index (κ2) is 7.49. The molecule has 1 amide bonds. The number of ketones is 1.